The molecule has 0 unspecified atom stereocenters. The van der Waals surface area contributed by atoms with Crippen LogP contribution in [-0.4, -0.2) is 43.5 Å². The Bertz CT molecular complexity index is 1120. The standard InChI is InChI=1S/C25H32N2O4S/c1-17(2)27(24-15-18(3)9-10-19(24)4)25(29)21-11-13-26(14-12-21)32(30,31)23-8-6-7-22(16-23)20(5)28/h6-10,15-17,21H,11-14H2,1-5H3. The highest BCUT2D eigenvalue weighted by atomic mass is 32.2. The van der Waals surface area contributed by atoms with Crippen LogP contribution in [-0.2, 0) is 14.8 Å². The molecule has 32 heavy (non-hydrogen) atoms. The Hall–Kier alpha value is -2.51. The van der Waals surface area contributed by atoms with E-state index in [1.165, 1.54) is 23.4 Å². The molecular formula is C25H32N2O4S. The molecule has 6 nitrogen and oxygen atoms in total. The van der Waals surface area contributed by atoms with Crippen LogP contribution in [0, 0.1) is 19.8 Å². The van der Waals surface area contributed by atoms with E-state index in [0.717, 1.165) is 16.8 Å². The van der Waals surface area contributed by atoms with E-state index in [-0.39, 0.29) is 41.6 Å². The van der Waals surface area contributed by atoms with E-state index in [4.69, 9.17) is 0 Å². The van der Waals surface area contributed by atoms with E-state index in [2.05, 4.69) is 0 Å². The molecule has 0 saturated carbocycles. The van der Waals surface area contributed by atoms with Gasteiger partial charge in [-0.05, 0) is 76.8 Å². The first-order valence-corrected chi connectivity index (χ1v) is 12.5. The highest BCUT2D eigenvalue weighted by Gasteiger charge is 2.35. The molecular weight excluding hydrogens is 424 g/mol. The summed E-state index contributed by atoms with van der Waals surface area (Å²) in [5.74, 6) is -0.358. The minimum atomic E-state index is -3.71. The molecule has 0 radical (unpaired) electrons. The van der Waals surface area contributed by atoms with E-state index < -0.39 is 10.0 Å². The molecule has 1 saturated heterocycles. The predicted octanol–water partition coefficient (Wildman–Crippen LogP) is 4.35. The molecule has 0 spiro atoms. The highest BCUT2D eigenvalue weighted by molar-refractivity contribution is 7.89. The Morgan fingerprint density at radius 1 is 1.03 bits per heavy atom. The molecule has 0 atom stereocenters. The van der Waals surface area contributed by atoms with E-state index in [9.17, 15) is 18.0 Å². The van der Waals surface area contributed by atoms with Crippen LogP contribution in [0.15, 0.2) is 47.4 Å². The molecule has 0 N–H and O–H groups in total. The molecule has 7 heteroatoms. The lowest BCUT2D eigenvalue weighted by Gasteiger charge is -2.36. The maximum Gasteiger partial charge on any atom is 0.243 e. The van der Waals surface area contributed by atoms with Gasteiger partial charge in [-0.2, -0.15) is 4.31 Å². The number of aryl methyl sites for hydroxylation is 2. The van der Waals surface area contributed by atoms with Crippen molar-refractivity contribution in [1.82, 2.24) is 4.31 Å². The Morgan fingerprint density at radius 3 is 2.28 bits per heavy atom. The van der Waals surface area contributed by atoms with Gasteiger partial charge in [0.25, 0.3) is 0 Å². The third kappa shape index (κ3) is 4.94. The first kappa shape index (κ1) is 24.1. The van der Waals surface area contributed by atoms with Crippen molar-refractivity contribution in [3.63, 3.8) is 0 Å². The number of sulfonamides is 1. The zero-order valence-corrected chi connectivity index (χ0v) is 20.3. The van der Waals surface area contributed by atoms with Gasteiger partial charge in [0.2, 0.25) is 15.9 Å². The number of rotatable bonds is 6. The summed E-state index contributed by atoms with van der Waals surface area (Å²) < 4.78 is 27.6. The van der Waals surface area contributed by atoms with Crippen molar-refractivity contribution in [3.05, 3.63) is 59.2 Å². The number of benzene rings is 2. The molecule has 1 amide bonds. The predicted molar refractivity (Wildman–Crippen MR) is 126 cm³/mol. The molecule has 0 aliphatic carbocycles. The summed E-state index contributed by atoms with van der Waals surface area (Å²) in [7, 11) is -3.71. The second kappa shape index (κ2) is 9.55. The summed E-state index contributed by atoms with van der Waals surface area (Å²) >= 11 is 0. The van der Waals surface area contributed by atoms with E-state index in [1.807, 2.05) is 50.8 Å². The lowest BCUT2D eigenvalue weighted by molar-refractivity contribution is -0.123. The zero-order valence-electron chi connectivity index (χ0n) is 19.5. The number of Topliss-reactive ketones (excluding diaryl/α,β-unsaturated/α-hetero) is 1. The van der Waals surface area contributed by atoms with Crippen molar-refractivity contribution >= 4 is 27.4 Å². The number of piperidine rings is 1. The maximum atomic E-state index is 13.5. The molecule has 1 aliphatic rings. The topological polar surface area (TPSA) is 74.8 Å². The summed E-state index contributed by atoms with van der Waals surface area (Å²) in [5.41, 5.74) is 3.43. The SMILES string of the molecule is CC(=O)c1cccc(S(=O)(=O)N2CCC(C(=O)N(c3cc(C)ccc3C)C(C)C)CC2)c1. The van der Waals surface area contributed by atoms with Crippen LogP contribution in [0.1, 0.15) is 55.1 Å². The van der Waals surface area contributed by atoms with E-state index >= 15 is 0 Å². The fraction of sp³-hybridized carbons (Fsp3) is 0.440. The van der Waals surface area contributed by atoms with Gasteiger partial charge < -0.3 is 4.90 Å². The molecule has 1 fully saturated rings. The van der Waals surface area contributed by atoms with E-state index in [0.29, 0.717) is 18.4 Å². The quantitative estimate of drug-likeness (QED) is 0.606. The summed E-state index contributed by atoms with van der Waals surface area (Å²) in [5, 5.41) is 0. The first-order chi connectivity index (χ1) is 15.0. The summed E-state index contributed by atoms with van der Waals surface area (Å²) in [6, 6.07) is 12.2. The van der Waals surface area contributed by atoms with Gasteiger partial charge in [-0.15, -0.1) is 0 Å². The van der Waals surface area contributed by atoms with Crippen molar-refractivity contribution in [2.75, 3.05) is 18.0 Å². The molecule has 2 aromatic carbocycles. The zero-order chi connectivity index (χ0) is 23.6. The summed E-state index contributed by atoms with van der Waals surface area (Å²) in [4.78, 5) is 27.1. The van der Waals surface area contributed by atoms with Crippen molar-refractivity contribution in [2.24, 2.45) is 5.92 Å². The van der Waals surface area contributed by atoms with Gasteiger partial charge in [0.05, 0.1) is 4.90 Å². The van der Waals surface area contributed by atoms with Crippen molar-refractivity contribution in [3.8, 4) is 0 Å². The number of nitrogens with zero attached hydrogens (tertiary/aromatic N) is 2. The van der Waals surface area contributed by atoms with Crippen LogP contribution in [0.3, 0.4) is 0 Å². The minimum absolute atomic E-state index is 0.000849. The Morgan fingerprint density at radius 2 is 1.69 bits per heavy atom. The minimum Gasteiger partial charge on any atom is -0.309 e. The highest BCUT2D eigenvalue weighted by Crippen LogP contribution is 2.30. The second-order valence-corrected chi connectivity index (χ2v) is 10.8. The molecule has 0 bridgehead atoms. The smallest absolute Gasteiger partial charge is 0.243 e. The third-order valence-electron chi connectivity index (χ3n) is 6.06. The molecule has 1 aliphatic heterocycles. The Labute approximate surface area is 191 Å². The van der Waals surface area contributed by atoms with Gasteiger partial charge in [0.15, 0.2) is 5.78 Å². The lowest BCUT2D eigenvalue weighted by Crippen LogP contribution is -2.46. The van der Waals surface area contributed by atoms with E-state index in [1.54, 1.807) is 12.1 Å². The average molecular weight is 457 g/mol. The largest absolute Gasteiger partial charge is 0.309 e. The second-order valence-electron chi connectivity index (χ2n) is 8.85. The van der Waals surface area contributed by atoms with Crippen molar-refractivity contribution < 1.29 is 18.0 Å². The van der Waals surface area contributed by atoms with Crippen LogP contribution >= 0.6 is 0 Å². The molecule has 2 aromatic rings. The van der Waals surface area contributed by atoms with Crippen LogP contribution in [0.5, 0.6) is 0 Å². The molecule has 3 rings (SSSR count). The van der Waals surface area contributed by atoms with Gasteiger partial charge in [-0.3, -0.25) is 9.59 Å². The summed E-state index contributed by atoms with van der Waals surface area (Å²) in [6.45, 7) is 9.99. The van der Waals surface area contributed by atoms with Gasteiger partial charge >= 0.3 is 0 Å². The van der Waals surface area contributed by atoms with Crippen LogP contribution in [0.2, 0.25) is 0 Å². The van der Waals surface area contributed by atoms with Crippen molar-refractivity contribution in [2.45, 2.75) is 58.4 Å². The number of carbonyl (C=O) groups excluding carboxylic acids is 2. The van der Waals surface area contributed by atoms with Crippen LogP contribution in [0.4, 0.5) is 5.69 Å². The fourth-order valence-corrected chi connectivity index (χ4v) is 5.71. The molecule has 172 valence electrons. The average Bonchev–Trinajstić information content (AvgIpc) is 2.76. The lowest BCUT2D eigenvalue weighted by atomic mass is 9.95. The third-order valence-corrected chi connectivity index (χ3v) is 7.95. The number of hydrogen-bond acceptors (Lipinski definition) is 4. The Kier molecular flexibility index (Phi) is 7.20. The molecule has 0 aromatic heterocycles. The summed E-state index contributed by atoms with van der Waals surface area (Å²) in [6.07, 6.45) is 0.942. The number of anilines is 1. The fourth-order valence-electron chi connectivity index (χ4n) is 4.19. The molecule has 1 heterocycles. The van der Waals surface area contributed by atoms with Gasteiger partial charge in [0, 0.05) is 36.3 Å². The first-order valence-electron chi connectivity index (χ1n) is 11.0. The van der Waals surface area contributed by atoms with Gasteiger partial charge in [0.1, 0.15) is 0 Å². The monoisotopic (exact) mass is 456 g/mol. The van der Waals surface area contributed by atoms with Crippen LogP contribution < -0.4 is 4.90 Å². The number of ketones is 1. The maximum absolute atomic E-state index is 13.5. The normalized spacial score (nSPS) is 15.7. The number of amides is 1. The van der Waals surface area contributed by atoms with Gasteiger partial charge in [-0.1, -0.05) is 24.3 Å². The number of carbonyl (C=O) groups is 2. The van der Waals surface area contributed by atoms with Crippen LogP contribution in [0.25, 0.3) is 0 Å². The number of hydrogen-bond donors (Lipinski definition) is 0. The van der Waals surface area contributed by atoms with Gasteiger partial charge in [-0.25, -0.2) is 8.42 Å². The Balaban J connectivity index is 1.77. The van der Waals surface area contributed by atoms with Crippen molar-refractivity contribution in [1.29, 1.82) is 0 Å².